The Labute approximate surface area is 96.2 Å². The fraction of sp³-hybridized carbons (Fsp3) is 0.500. The van der Waals surface area contributed by atoms with Crippen LogP contribution in [0.1, 0.15) is 19.8 Å². The molecule has 1 heterocycles. The number of hydrogen-bond acceptors (Lipinski definition) is 3. The molecule has 0 saturated carbocycles. The van der Waals surface area contributed by atoms with Crippen LogP contribution in [0.3, 0.4) is 0 Å². The van der Waals surface area contributed by atoms with Crippen molar-refractivity contribution in [2.24, 2.45) is 0 Å². The molecular formula is C12H18N2O2. The molecule has 88 valence electrons. The lowest BCUT2D eigenvalue weighted by atomic mass is 10.2. The zero-order valence-electron chi connectivity index (χ0n) is 9.69. The highest BCUT2D eigenvalue weighted by molar-refractivity contribution is 5.73. The number of rotatable bonds is 5. The van der Waals surface area contributed by atoms with E-state index >= 15 is 0 Å². The molecule has 0 spiro atoms. The maximum Gasteiger partial charge on any atom is 0.210 e. The molecule has 0 atom stereocenters. The summed E-state index contributed by atoms with van der Waals surface area (Å²) in [5.41, 5.74) is 1.46. The Balaban J connectivity index is 2.69. The molecule has 0 aromatic heterocycles. The van der Waals surface area contributed by atoms with Crippen LogP contribution >= 0.6 is 0 Å². The van der Waals surface area contributed by atoms with Gasteiger partial charge in [-0.1, -0.05) is 26.0 Å². The number of carbonyl (C=O) groups excluding carboxylic acids is 2. The minimum Gasteiger partial charge on any atom is -0.340 e. The van der Waals surface area contributed by atoms with E-state index in [1.807, 2.05) is 11.0 Å². The van der Waals surface area contributed by atoms with Gasteiger partial charge in [-0.2, -0.15) is 0 Å². The number of amides is 1. The van der Waals surface area contributed by atoms with E-state index in [0.29, 0.717) is 25.3 Å². The summed E-state index contributed by atoms with van der Waals surface area (Å²) in [4.78, 5) is 25.1. The highest BCUT2D eigenvalue weighted by Gasteiger charge is 2.20. The molecular weight excluding hydrogens is 204 g/mol. The molecule has 0 aromatic rings. The molecule has 0 unspecified atom stereocenters. The Morgan fingerprint density at radius 1 is 1.44 bits per heavy atom. The number of aldehydes is 1. The lowest BCUT2D eigenvalue weighted by molar-refractivity contribution is -0.118. The monoisotopic (exact) mass is 222 g/mol. The molecule has 0 aliphatic carbocycles. The fourth-order valence-corrected chi connectivity index (χ4v) is 1.70. The summed E-state index contributed by atoms with van der Waals surface area (Å²) in [7, 11) is 0. The predicted molar refractivity (Wildman–Crippen MR) is 62.5 cm³/mol. The second-order valence-electron chi connectivity index (χ2n) is 3.83. The average molecular weight is 222 g/mol. The zero-order chi connectivity index (χ0) is 12.0. The molecule has 0 N–H and O–H groups in total. The van der Waals surface area contributed by atoms with E-state index in [2.05, 4.69) is 13.5 Å². The van der Waals surface area contributed by atoms with Crippen molar-refractivity contribution < 1.29 is 9.59 Å². The summed E-state index contributed by atoms with van der Waals surface area (Å²) in [6.45, 7) is 7.75. The van der Waals surface area contributed by atoms with Crippen molar-refractivity contribution in [1.29, 1.82) is 0 Å². The maximum absolute atomic E-state index is 11.0. The van der Waals surface area contributed by atoms with Crippen LogP contribution in [0, 0.1) is 0 Å². The predicted octanol–water partition coefficient (Wildman–Crippen LogP) is 1.16. The van der Waals surface area contributed by atoms with Crippen LogP contribution in [0.5, 0.6) is 0 Å². The van der Waals surface area contributed by atoms with Crippen molar-refractivity contribution in [3.05, 3.63) is 24.0 Å². The molecule has 4 heteroatoms. The highest BCUT2D eigenvalue weighted by Crippen LogP contribution is 2.16. The van der Waals surface area contributed by atoms with Crippen LogP contribution in [-0.4, -0.2) is 42.1 Å². The molecule has 1 saturated heterocycles. The van der Waals surface area contributed by atoms with Crippen molar-refractivity contribution in [2.75, 3.05) is 19.6 Å². The minimum atomic E-state index is 0.501. The first-order valence-corrected chi connectivity index (χ1v) is 5.53. The van der Waals surface area contributed by atoms with Crippen LogP contribution in [0.15, 0.2) is 24.0 Å². The molecule has 0 aromatic carbocycles. The van der Waals surface area contributed by atoms with Crippen molar-refractivity contribution >= 4 is 12.7 Å². The minimum absolute atomic E-state index is 0.501. The van der Waals surface area contributed by atoms with Gasteiger partial charge in [0, 0.05) is 18.8 Å². The molecule has 0 bridgehead atoms. The molecule has 1 rings (SSSR count). The zero-order valence-corrected chi connectivity index (χ0v) is 9.69. The smallest absolute Gasteiger partial charge is 0.210 e. The first-order valence-electron chi connectivity index (χ1n) is 5.53. The van der Waals surface area contributed by atoms with Crippen molar-refractivity contribution in [2.45, 2.75) is 19.8 Å². The number of unbranched alkanes of at least 4 members (excludes halogenated alkanes) is 1. The van der Waals surface area contributed by atoms with E-state index in [4.69, 9.17) is 0 Å². The second-order valence-corrected chi connectivity index (χ2v) is 3.83. The lowest BCUT2D eigenvalue weighted by Gasteiger charge is -2.35. The van der Waals surface area contributed by atoms with Gasteiger partial charge < -0.3 is 9.80 Å². The Kier molecular flexibility index (Phi) is 4.76. The second kappa shape index (κ2) is 6.10. The first-order chi connectivity index (χ1) is 7.72. The Bertz CT molecular complexity index is 310. The van der Waals surface area contributed by atoms with Crippen molar-refractivity contribution in [3.63, 3.8) is 0 Å². The van der Waals surface area contributed by atoms with Gasteiger partial charge in [-0.3, -0.25) is 9.59 Å². The van der Waals surface area contributed by atoms with E-state index in [0.717, 1.165) is 31.2 Å². The lowest BCUT2D eigenvalue weighted by Crippen LogP contribution is -2.43. The van der Waals surface area contributed by atoms with Crippen LogP contribution in [0.2, 0.25) is 0 Å². The van der Waals surface area contributed by atoms with Gasteiger partial charge in [-0.25, -0.2) is 0 Å². The van der Waals surface area contributed by atoms with Gasteiger partial charge in [0.2, 0.25) is 6.41 Å². The normalized spacial score (nSPS) is 17.6. The van der Waals surface area contributed by atoms with Gasteiger partial charge in [-0.05, 0) is 6.42 Å². The maximum atomic E-state index is 11.0. The average Bonchev–Trinajstić information content (AvgIpc) is 2.31. The third-order valence-corrected chi connectivity index (χ3v) is 2.60. The van der Waals surface area contributed by atoms with E-state index in [1.54, 1.807) is 4.90 Å². The summed E-state index contributed by atoms with van der Waals surface area (Å²) < 4.78 is 0. The Morgan fingerprint density at radius 3 is 2.69 bits per heavy atom. The van der Waals surface area contributed by atoms with E-state index in [9.17, 15) is 9.59 Å². The highest BCUT2D eigenvalue weighted by atomic mass is 16.1. The van der Waals surface area contributed by atoms with Gasteiger partial charge in [0.05, 0.1) is 12.2 Å². The number of nitrogens with zero attached hydrogens (tertiary/aromatic N) is 2. The molecule has 4 nitrogen and oxygen atoms in total. The fourth-order valence-electron chi connectivity index (χ4n) is 1.70. The number of allylic oxidation sites excluding steroid dienone is 2. The summed E-state index contributed by atoms with van der Waals surface area (Å²) >= 11 is 0. The van der Waals surface area contributed by atoms with Gasteiger partial charge in [0.15, 0.2) is 6.29 Å². The van der Waals surface area contributed by atoms with Gasteiger partial charge in [0.1, 0.15) is 0 Å². The number of hydrogen-bond donors (Lipinski definition) is 0. The molecule has 16 heavy (non-hydrogen) atoms. The summed E-state index contributed by atoms with van der Waals surface area (Å²) in [5, 5.41) is 0. The van der Waals surface area contributed by atoms with Crippen LogP contribution in [0.25, 0.3) is 0 Å². The van der Waals surface area contributed by atoms with Crippen LogP contribution < -0.4 is 0 Å². The third kappa shape index (κ3) is 2.95. The quantitative estimate of drug-likeness (QED) is 0.517. The molecule has 1 fully saturated rings. The number of piperazine rings is 1. The molecule has 1 aliphatic rings. The summed E-state index contributed by atoms with van der Waals surface area (Å²) in [5.74, 6) is 0. The van der Waals surface area contributed by atoms with Crippen LogP contribution in [0.4, 0.5) is 0 Å². The van der Waals surface area contributed by atoms with E-state index in [1.165, 1.54) is 0 Å². The third-order valence-electron chi connectivity index (χ3n) is 2.60. The van der Waals surface area contributed by atoms with Gasteiger partial charge in [-0.15, -0.1) is 0 Å². The Hall–Kier alpha value is -1.58. The van der Waals surface area contributed by atoms with Crippen molar-refractivity contribution in [3.8, 4) is 0 Å². The summed E-state index contributed by atoms with van der Waals surface area (Å²) in [6.07, 6.45) is 5.50. The van der Waals surface area contributed by atoms with Gasteiger partial charge >= 0.3 is 0 Å². The largest absolute Gasteiger partial charge is 0.340 e. The van der Waals surface area contributed by atoms with Gasteiger partial charge in [0.25, 0.3) is 0 Å². The summed E-state index contributed by atoms with van der Waals surface area (Å²) in [6, 6.07) is 0. The van der Waals surface area contributed by atoms with E-state index < -0.39 is 0 Å². The Morgan fingerprint density at radius 2 is 2.19 bits per heavy atom. The first kappa shape index (κ1) is 12.5. The standard InChI is InChI=1S/C12H18N2O2/c1-3-4-5-12(9-15)14-7-6-13(10-16)8-11(14)2/h5,9-10H,2-4,6-8H2,1H3/b12-5-. The van der Waals surface area contributed by atoms with E-state index in [-0.39, 0.29) is 0 Å². The molecule has 1 aliphatic heterocycles. The number of carbonyl (C=O) groups is 2. The molecule has 1 amide bonds. The van der Waals surface area contributed by atoms with Crippen LogP contribution in [-0.2, 0) is 9.59 Å². The SMILES string of the molecule is C=C1CN(C=O)CCN1/C(C=O)=C\CCC. The van der Waals surface area contributed by atoms with Crippen molar-refractivity contribution in [1.82, 2.24) is 9.80 Å². The molecule has 0 radical (unpaired) electrons. The topological polar surface area (TPSA) is 40.6 Å².